The molecule has 1 aromatic rings. The van der Waals surface area contributed by atoms with E-state index in [1.165, 1.54) is 12.3 Å². The molecular weight excluding hydrogens is 162 g/mol. The number of nitriles is 1. The Bertz CT molecular complexity index is 319. The molecular formula is C8H6ClNO. The molecule has 56 valence electrons. The number of rotatable bonds is 1. The molecule has 3 heteroatoms. The Balaban J connectivity index is 3.04. The predicted molar refractivity (Wildman–Crippen MR) is 42.9 cm³/mol. The SMILES string of the molecule is Cc1ccoc1/C(Cl)=C/C#N. The Kier molecular flexibility index (Phi) is 2.35. The molecule has 0 bridgehead atoms. The highest BCUT2D eigenvalue weighted by Gasteiger charge is 2.04. The van der Waals surface area contributed by atoms with Crippen molar-refractivity contribution in [1.29, 1.82) is 5.26 Å². The van der Waals surface area contributed by atoms with Crippen molar-refractivity contribution >= 4 is 16.6 Å². The topological polar surface area (TPSA) is 36.9 Å². The van der Waals surface area contributed by atoms with Gasteiger partial charge in [0.25, 0.3) is 0 Å². The Labute approximate surface area is 69.7 Å². The van der Waals surface area contributed by atoms with E-state index < -0.39 is 0 Å². The smallest absolute Gasteiger partial charge is 0.148 e. The standard InChI is InChI=1S/C8H6ClNO/c1-6-3-5-11-8(6)7(9)2-4-10/h2-3,5H,1H3/b7-2-. The molecule has 0 saturated heterocycles. The minimum Gasteiger partial charge on any atom is -0.463 e. The lowest BCUT2D eigenvalue weighted by atomic mass is 10.2. The fourth-order valence-corrected chi connectivity index (χ4v) is 0.982. The third kappa shape index (κ3) is 1.63. The maximum atomic E-state index is 8.27. The van der Waals surface area contributed by atoms with Gasteiger partial charge in [-0.15, -0.1) is 0 Å². The number of nitrogens with zero attached hydrogens (tertiary/aromatic N) is 1. The monoisotopic (exact) mass is 167 g/mol. The highest BCUT2D eigenvalue weighted by atomic mass is 35.5. The fourth-order valence-electron chi connectivity index (χ4n) is 0.740. The highest BCUT2D eigenvalue weighted by Crippen LogP contribution is 2.22. The third-order valence-corrected chi connectivity index (χ3v) is 1.55. The molecule has 0 amide bonds. The first-order chi connectivity index (χ1) is 5.25. The van der Waals surface area contributed by atoms with Crippen LogP contribution < -0.4 is 0 Å². The number of aryl methyl sites for hydroxylation is 1. The molecule has 0 unspecified atom stereocenters. The zero-order chi connectivity index (χ0) is 8.27. The van der Waals surface area contributed by atoms with Crippen LogP contribution in [0.4, 0.5) is 0 Å². The van der Waals surface area contributed by atoms with Crippen LogP contribution in [0.5, 0.6) is 0 Å². The van der Waals surface area contributed by atoms with Crippen molar-refractivity contribution < 1.29 is 4.42 Å². The average molecular weight is 168 g/mol. The predicted octanol–water partition coefficient (Wildman–Crippen LogP) is 2.69. The van der Waals surface area contributed by atoms with Crippen molar-refractivity contribution in [3.8, 4) is 6.07 Å². The number of hydrogen-bond donors (Lipinski definition) is 0. The summed E-state index contributed by atoms with van der Waals surface area (Å²) >= 11 is 5.70. The van der Waals surface area contributed by atoms with E-state index in [-0.39, 0.29) is 0 Å². The molecule has 0 saturated carbocycles. The Hall–Kier alpha value is -1.20. The van der Waals surface area contributed by atoms with Crippen LogP contribution >= 0.6 is 11.6 Å². The van der Waals surface area contributed by atoms with Crippen LogP contribution in [0.15, 0.2) is 22.8 Å². The van der Waals surface area contributed by atoms with E-state index in [1.54, 1.807) is 6.07 Å². The number of allylic oxidation sites excluding steroid dienone is 1. The molecule has 0 spiro atoms. The van der Waals surface area contributed by atoms with E-state index in [0.29, 0.717) is 10.8 Å². The second-order valence-electron chi connectivity index (χ2n) is 2.05. The summed E-state index contributed by atoms with van der Waals surface area (Å²) in [6, 6.07) is 3.62. The molecule has 11 heavy (non-hydrogen) atoms. The lowest BCUT2D eigenvalue weighted by Gasteiger charge is -1.91. The lowest BCUT2D eigenvalue weighted by Crippen LogP contribution is -1.74. The van der Waals surface area contributed by atoms with E-state index in [4.69, 9.17) is 21.3 Å². The van der Waals surface area contributed by atoms with E-state index in [0.717, 1.165) is 5.56 Å². The van der Waals surface area contributed by atoms with Crippen molar-refractivity contribution in [2.75, 3.05) is 0 Å². The van der Waals surface area contributed by atoms with Gasteiger partial charge in [0.05, 0.1) is 17.4 Å². The highest BCUT2D eigenvalue weighted by molar-refractivity contribution is 6.48. The van der Waals surface area contributed by atoms with Gasteiger partial charge in [-0.25, -0.2) is 0 Å². The summed E-state index contributed by atoms with van der Waals surface area (Å²) in [6.07, 6.45) is 2.78. The van der Waals surface area contributed by atoms with E-state index in [9.17, 15) is 0 Å². The van der Waals surface area contributed by atoms with Gasteiger partial charge in [-0.2, -0.15) is 5.26 Å². The summed E-state index contributed by atoms with van der Waals surface area (Å²) in [4.78, 5) is 0. The van der Waals surface area contributed by atoms with Gasteiger partial charge >= 0.3 is 0 Å². The van der Waals surface area contributed by atoms with Crippen LogP contribution in [0.25, 0.3) is 5.03 Å². The number of hydrogen-bond acceptors (Lipinski definition) is 2. The molecule has 0 aliphatic rings. The summed E-state index contributed by atoms with van der Waals surface area (Å²) in [5.41, 5.74) is 0.932. The van der Waals surface area contributed by atoms with Crippen molar-refractivity contribution in [1.82, 2.24) is 0 Å². The Morgan fingerprint density at radius 2 is 2.55 bits per heavy atom. The van der Waals surface area contributed by atoms with Gasteiger partial charge in [-0.05, 0) is 18.6 Å². The zero-order valence-electron chi connectivity index (χ0n) is 5.97. The maximum absolute atomic E-state index is 8.27. The zero-order valence-corrected chi connectivity index (χ0v) is 6.72. The molecule has 0 radical (unpaired) electrons. The van der Waals surface area contributed by atoms with Crippen molar-refractivity contribution in [2.45, 2.75) is 6.92 Å². The Morgan fingerprint density at radius 3 is 3.00 bits per heavy atom. The Morgan fingerprint density at radius 1 is 1.82 bits per heavy atom. The average Bonchev–Trinajstić information content (AvgIpc) is 2.36. The fraction of sp³-hybridized carbons (Fsp3) is 0.125. The normalized spacial score (nSPS) is 11.2. The molecule has 2 nitrogen and oxygen atoms in total. The van der Waals surface area contributed by atoms with E-state index >= 15 is 0 Å². The second-order valence-corrected chi connectivity index (χ2v) is 2.46. The van der Waals surface area contributed by atoms with Crippen LogP contribution in [0.3, 0.4) is 0 Å². The van der Waals surface area contributed by atoms with Gasteiger partial charge in [0.2, 0.25) is 0 Å². The molecule has 0 aliphatic heterocycles. The van der Waals surface area contributed by atoms with Gasteiger partial charge in [0, 0.05) is 6.08 Å². The van der Waals surface area contributed by atoms with Gasteiger partial charge in [-0.1, -0.05) is 11.6 Å². The molecule has 1 heterocycles. The number of halogens is 1. The van der Waals surface area contributed by atoms with Gasteiger partial charge in [0.15, 0.2) is 0 Å². The van der Waals surface area contributed by atoms with E-state index in [2.05, 4.69) is 0 Å². The molecule has 0 atom stereocenters. The molecule has 0 aliphatic carbocycles. The first kappa shape index (κ1) is 7.90. The quantitative estimate of drug-likeness (QED) is 0.603. The van der Waals surface area contributed by atoms with Gasteiger partial charge in [0.1, 0.15) is 5.76 Å². The summed E-state index contributed by atoms with van der Waals surface area (Å²) in [6.45, 7) is 1.87. The molecule has 1 aromatic heterocycles. The molecule has 0 aromatic carbocycles. The summed E-state index contributed by atoms with van der Waals surface area (Å²) in [5.74, 6) is 0.563. The lowest BCUT2D eigenvalue weighted by molar-refractivity contribution is 0.553. The van der Waals surface area contributed by atoms with Crippen molar-refractivity contribution in [3.05, 3.63) is 29.7 Å². The summed E-state index contributed by atoms with van der Waals surface area (Å²) < 4.78 is 5.03. The minimum atomic E-state index is 0.343. The van der Waals surface area contributed by atoms with Crippen LogP contribution in [-0.2, 0) is 0 Å². The van der Waals surface area contributed by atoms with Crippen LogP contribution in [-0.4, -0.2) is 0 Å². The first-order valence-electron chi connectivity index (χ1n) is 3.05. The third-order valence-electron chi connectivity index (χ3n) is 1.27. The number of furan rings is 1. The van der Waals surface area contributed by atoms with Gasteiger partial charge in [-0.3, -0.25) is 0 Å². The van der Waals surface area contributed by atoms with E-state index in [1.807, 2.05) is 13.0 Å². The first-order valence-corrected chi connectivity index (χ1v) is 3.43. The van der Waals surface area contributed by atoms with Gasteiger partial charge < -0.3 is 4.42 Å². The molecule has 1 rings (SSSR count). The maximum Gasteiger partial charge on any atom is 0.148 e. The van der Waals surface area contributed by atoms with Crippen LogP contribution in [0.1, 0.15) is 11.3 Å². The summed E-state index contributed by atoms with van der Waals surface area (Å²) in [7, 11) is 0. The van der Waals surface area contributed by atoms with Crippen molar-refractivity contribution in [2.24, 2.45) is 0 Å². The minimum absolute atomic E-state index is 0.343. The van der Waals surface area contributed by atoms with Crippen molar-refractivity contribution in [3.63, 3.8) is 0 Å². The second kappa shape index (κ2) is 3.27. The largest absolute Gasteiger partial charge is 0.463 e. The molecule has 0 N–H and O–H groups in total. The summed E-state index contributed by atoms with van der Waals surface area (Å²) in [5, 5.41) is 8.62. The molecule has 0 fully saturated rings. The van der Waals surface area contributed by atoms with Crippen LogP contribution in [0, 0.1) is 18.3 Å². The van der Waals surface area contributed by atoms with Crippen LogP contribution in [0.2, 0.25) is 0 Å².